The molecular formula is C16H22FN. The monoisotopic (exact) mass is 247 g/mol. The first kappa shape index (κ1) is 12.0. The summed E-state index contributed by atoms with van der Waals surface area (Å²) in [7, 11) is 0. The molecule has 2 aliphatic rings. The quantitative estimate of drug-likeness (QED) is 0.811. The second-order valence-corrected chi connectivity index (χ2v) is 5.99. The van der Waals surface area contributed by atoms with Gasteiger partial charge >= 0.3 is 0 Å². The predicted octanol–water partition coefficient (Wildman–Crippen LogP) is 4.49. The largest absolute Gasteiger partial charge is 0.384 e. The lowest BCUT2D eigenvalue weighted by Gasteiger charge is -2.30. The Balaban J connectivity index is 1.84. The average Bonchev–Trinajstić information content (AvgIpc) is 2.86. The number of halogens is 1. The van der Waals surface area contributed by atoms with E-state index in [0.29, 0.717) is 5.92 Å². The topological polar surface area (TPSA) is 12.0 Å². The van der Waals surface area contributed by atoms with Crippen molar-refractivity contribution in [1.82, 2.24) is 0 Å². The molecule has 3 unspecified atom stereocenters. The zero-order chi connectivity index (χ0) is 12.5. The van der Waals surface area contributed by atoms with Crippen LogP contribution in [0.2, 0.25) is 0 Å². The predicted molar refractivity (Wildman–Crippen MR) is 73.6 cm³/mol. The van der Waals surface area contributed by atoms with E-state index < -0.39 is 6.17 Å². The van der Waals surface area contributed by atoms with Crippen molar-refractivity contribution in [3.05, 3.63) is 29.3 Å². The van der Waals surface area contributed by atoms with Crippen LogP contribution in [0.1, 0.15) is 49.9 Å². The van der Waals surface area contributed by atoms with E-state index in [4.69, 9.17) is 0 Å². The molecule has 1 aromatic rings. The summed E-state index contributed by atoms with van der Waals surface area (Å²) in [6.45, 7) is 3.21. The van der Waals surface area contributed by atoms with Crippen LogP contribution in [0.15, 0.2) is 18.2 Å². The van der Waals surface area contributed by atoms with Crippen molar-refractivity contribution < 1.29 is 4.39 Å². The molecule has 98 valence electrons. The van der Waals surface area contributed by atoms with Gasteiger partial charge in [0.2, 0.25) is 0 Å². The second kappa shape index (κ2) is 4.91. The highest BCUT2D eigenvalue weighted by molar-refractivity contribution is 5.62. The van der Waals surface area contributed by atoms with Crippen LogP contribution in [0, 0.1) is 11.8 Å². The maximum absolute atomic E-state index is 14.8. The van der Waals surface area contributed by atoms with Gasteiger partial charge in [-0.2, -0.15) is 0 Å². The SMILES string of the molecule is CC1CCCC(C(F)c2cccc3c2NCC3)C1. The molecule has 0 spiro atoms. The molecule has 1 heterocycles. The molecule has 1 fully saturated rings. The van der Waals surface area contributed by atoms with Gasteiger partial charge in [0.05, 0.1) is 0 Å². The van der Waals surface area contributed by atoms with Gasteiger partial charge < -0.3 is 5.32 Å². The fourth-order valence-electron chi connectivity index (χ4n) is 3.60. The Labute approximate surface area is 109 Å². The third-order valence-electron chi connectivity index (χ3n) is 4.57. The number of alkyl halides is 1. The van der Waals surface area contributed by atoms with E-state index in [1.165, 1.54) is 18.4 Å². The van der Waals surface area contributed by atoms with Crippen molar-refractivity contribution in [2.75, 3.05) is 11.9 Å². The van der Waals surface area contributed by atoms with Crippen LogP contribution in [-0.4, -0.2) is 6.54 Å². The van der Waals surface area contributed by atoms with Crippen LogP contribution in [0.4, 0.5) is 10.1 Å². The van der Waals surface area contributed by atoms with Crippen molar-refractivity contribution in [3.63, 3.8) is 0 Å². The Morgan fingerprint density at radius 3 is 3.06 bits per heavy atom. The summed E-state index contributed by atoms with van der Waals surface area (Å²) in [6, 6.07) is 6.11. The van der Waals surface area contributed by atoms with Gasteiger partial charge in [-0.05, 0) is 36.7 Å². The van der Waals surface area contributed by atoms with E-state index in [1.54, 1.807) is 0 Å². The number of para-hydroxylation sites is 1. The summed E-state index contributed by atoms with van der Waals surface area (Å²) >= 11 is 0. The molecule has 0 aromatic heterocycles. The Morgan fingerprint density at radius 1 is 1.33 bits per heavy atom. The van der Waals surface area contributed by atoms with Crippen LogP contribution in [0.5, 0.6) is 0 Å². The molecule has 0 saturated heterocycles. The molecule has 1 aliphatic carbocycles. The normalized spacial score (nSPS) is 28.6. The van der Waals surface area contributed by atoms with Crippen LogP contribution in [0.25, 0.3) is 0 Å². The van der Waals surface area contributed by atoms with Crippen molar-refractivity contribution in [1.29, 1.82) is 0 Å². The number of nitrogens with one attached hydrogen (secondary N) is 1. The molecule has 0 bridgehead atoms. The molecule has 3 rings (SSSR count). The maximum atomic E-state index is 14.8. The van der Waals surface area contributed by atoms with Gasteiger partial charge in [-0.15, -0.1) is 0 Å². The zero-order valence-electron chi connectivity index (χ0n) is 11.1. The molecule has 1 nitrogen and oxygen atoms in total. The van der Waals surface area contributed by atoms with Crippen LogP contribution < -0.4 is 5.32 Å². The summed E-state index contributed by atoms with van der Waals surface area (Å²) in [5, 5.41) is 3.36. The van der Waals surface area contributed by atoms with Gasteiger partial charge in [0.25, 0.3) is 0 Å². The Kier molecular flexibility index (Phi) is 3.27. The third-order valence-corrected chi connectivity index (χ3v) is 4.57. The minimum absolute atomic E-state index is 0.225. The number of hydrogen-bond donors (Lipinski definition) is 1. The highest BCUT2D eigenvalue weighted by Crippen LogP contribution is 2.43. The summed E-state index contributed by atoms with van der Waals surface area (Å²) in [5.41, 5.74) is 3.28. The van der Waals surface area contributed by atoms with Gasteiger partial charge in [-0.3, -0.25) is 0 Å². The molecule has 1 aromatic carbocycles. The van der Waals surface area contributed by atoms with Gasteiger partial charge in [-0.25, -0.2) is 4.39 Å². The van der Waals surface area contributed by atoms with E-state index in [0.717, 1.165) is 37.1 Å². The Hall–Kier alpha value is -1.05. The van der Waals surface area contributed by atoms with Crippen molar-refractivity contribution in [2.45, 2.75) is 45.2 Å². The van der Waals surface area contributed by atoms with Crippen molar-refractivity contribution in [2.24, 2.45) is 11.8 Å². The lowest BCUT2D eigenvalue weighted by Crippen LogP contribution is -2.18. The van der Waals surface area contributed by atoms with Gasteiger partial charge in [0.1, 0.15) is 6.17 Å². The van der Waals surface area contributed by atoms with Crippen molar-refractivity contribution in [3.8, 4) is 0 Å². The van der Waals surface area contributed by atoms with Gasteiger partial charge in [-0.1, -0.05) is 38.0 Å². The molecule has 2 heteroatoms. The highest BCUT2D eigenvalue weighted by Gasteiger charge is 2.30. The summed E-state index contributed by atoms with van der Waals surface area (Å²) < 4.78 is 14.8. The lowest BCUT2D eigenvalue weighted by molar-refractivity contribution is 0.156. The van der Waals surface area contributed by atoms with E-state index >= 15 is 0 Å². The van der Waals surface area contributed by atoms with Crippen LogP contribution >= 0.6 is 0 Å². The van der Waals surface area contributed by atoms with Gasteiger partial charge in [0.15, 0.2) is 0 Å². The smallest absolute Gasteiger partial charge is 0.130 e. The fraction of sp³-hybridized carbons (Fsp3) is 0.625. The highest BCUT2D eigenvalue weighted by atomic mass is 19.1. The first-order valence-electron chi connectivity index (χ1n) is 7.25. The summed E-state index contributed by atoms with van der Waals surface area (Å²) in [4.78, 5) is 0. The lowest BCUT2D eigenvalue weighted by atomic mass is 9.78. The standard InChI is InChI=1S/C16H22FN/c1-11-4-2-6-13(10-11)15(17)14-7-3-5-12-8-9-18-16(12)14/h3,5,7,11,13,15,18H,2,4,6,8-10H2,1H3. The Bertz CT molecular complexity index is 429. The summed E-state index contributed by atoms with van der Waals surface area (Å²) in [6.07, 6.45) is 4.81. The first-order valence-corrected chi connectivity index (χ1v) is 7.25. The van der Waals surface area contributed by atoms with E-state index in [9.17, 15) is 4.39 Å². The number of hydrogen-bond acceptors (Lipinski definition) is 1. The van der Waals surface area contributed by atoms with E-state index in [1.807, 2.05) is 12.1 Å². The minimum atomic E-state index is -0.784. The zero-order valence-corrected chi connectivity index (χ0v) is 11.1. The maximum Gasteiger partial charge on any atom is 0.130 e. The van der Waals surface area contributed by atoms with Crippen LogP contribution in [0.3, 0.4) is 0 Å². The van der Waals surface area contributed by atoms with E-state index in [-0.39, 0.29) is 5.92 Å². The minimum Gasteiger partial charge on any atom is -0.384 e. The molecule has 1 N–H and O–H groups in total. The third kappa shape index (κ3) is 2.13. The number of benzene rings is 1. The number of fused-ring (bicyclic) bond motifs is 1. The summed E-state index contributed by atoms with van der Waals surface area (Å²) in [5.74, 6) is 0.911. The average molecular weight is 247 g/mol. The van der Waals surface area contributed by atoms with Crippen molar-refractivity contribution >= 4 is 5.69 Å². The second-order valence-electron chi connectivity index (χ2n) is 5.99. The molecule has 0 amide bonds. The first-order chi connectivity index (χ1) is 8.75. The molecule has 0 radical (unpaired) electrons. The molecule has 1 aliphatic heterocycles. The molecule has 1 saturated carbocycles. The molecular weight excluding hydrogens is 225 g/mol. The van der Waals surface area contributed by atoms with Crippen LogP contribution in [-0.2, 0) is 6.42 Å². The molecule has 18 heavy (non-hydrogen) atoms. The number of rotatable bonds is 2. The van der Waals surface area contributed by atoms with E-state index in [2.05, 4.69) is 18.3 Å². The number of anilines is 1. The van der Waals surface area contributed by atoms with Gasteiger partial charge in [0, 0.05) is 17.8 Å². The Morgan fingerprint density at radius 2 is 2.22 bits per heavy atom. The fourth-order valence-corrected chi connectivity index (χ4v) is 3.60. The molecule has 3 atom stereocenters.